The summed E-state index contributed by atoms with van der Waals surface area (Å²) in [7, 11) is -2.16. The molecule has 8 heteroatoms. The van der Waals surface area contributed by atoms with E-state index in [0.717, 1.165) is 5.69 Å². The molecule has 0 unspecified atom stereocenters. The molecule has 1 fully saturated rings. The Balaban J connectivity index is 1.98. The molecule has 0 radical (unpaired) electrons. The Bertz CT molecular complexity index is 788. The van der Waals surface area contributed by atoms with Crippen LogP contribution in [-0.4, -0.2) is 49.6 Å². The number of aryl methyl sites for hydroxylation is 1. The lowest BCUT2D eigenvalue weighted by atomic mass is 10.2. The number of H-pyrrole nitrogens is 1. The fraction of sp³-hybridized carbons (Fsp3) is 0.400. The zero-order valence-corrected chi connectivity index (χ0v) is 13.8. The number of sulfonamides is 1. The predicted octanol–water partition coefficient (Wildman–Crippen LogP) is 1.49. The number of benzene rings is 1. The first kappa shape index (κ1) is 16.0. The molecule has 1 aliphatic heterocycles. The van der Waals surface area contributed by atoms with Crippen LogP contribution in [0.15, 0.2) is 35.4 Å². The van der Waals surface area contributed by atoms with Crippen molar-refractivity contribution in [1.82, 2.24) is 14.3 Å². The van der Waals surface area contributed by atoms with E-state index in [9.17, 15) is 8.42 Å². The molecule has 0 amide bonds. The molecule has 0 aliphatic carbocycles. The van der Waals surface area contributed by atoms with Crippen LogP contribution in [0.4, 0.5) is 0 Å². The highest BCUT2D eigenvalue weighted by molar-refractivity contribution is 7.89. The van der Waals surface area contributed by atoms with Crippen molar-refractivity contribution in [3.8, 4) is 5.75 Å². The Morgan fingerprint density at radius 3 is 2.96 bits per heavy atom. The molecule has 0 spiro atoms. The Kier molecular flexibility index (Phi) is 4.38. The summed E-state index contributed by atoms with van der Waals surface area (Å²) in [6, 6.07) is 6.00. The molecule has 1 N–H and O–H groups in total. The molecule has 1 aliphatic rings. The van der Waals surface area contributed by atoms with E-state index in [1.807, 2.05) is 6.92 Å². The van der Waals surface area contributed by atoms with Crippen LogP contribution in [-0.2, 0) is 14.8 Å². The molecule has 2 aromatic rings. The van der Waals surface area contributed by atoms with Crippen LogP contribution in [0.5, 0.6) is 5.75 Å². The van der Waals surface area contributed by atoms with Crippen molar-refractivity contribution in [2.45, 2.75) is 17.9 Å². The highest BCUT2D eigenvalue weighted by Gasteiger charge is 2.36. The van der Waals surface area contributed by atoms with Crippen molar-refractivity contribution in [1.29, 1.82) is 0 Å². The van der Waals surface area contributed by atoms with Gasteiger partial charge < -0.3 is 14.5 Å². The number of hydrogen-bond donors (Lipinski definition) is 1. The van der Waals surface area contributed by atoms with Crippen molar-refractivity contribution < 1.29 is 17.9 Å². The molecule has 1 aromatic carbocycles. The molecular weight excluding hydrogens is 318 g/mol. The quantitative estimate of drug-likeness (QED) is 0.914. The minimum atomic E-state index is -3.67. The first-order chi connectivity index (χ1) is 11.0. The number of nitrogens with zero attached hydrogens (tertiary/aromatic N) is 2. The molecule has 1 atom stereocenters. The smallest absolute Gasteiger partial charge is 0.244 e. The second-order valence-corrected chi connectivity index (χ2v) is 7.23. The van der Waals surface area contributed by atoms with Crippen LogP contribution >= 0.6 is 0 Å². The van der Waals surface area contributed by atoms with Gasteiger partial charge in [-0.05, 0) is 19.1 Å². The molecule has 7 nitrogen and oxygen atoms in total. The van der Waals surface area contributed by atoms with E-state index in [4.69, 9.17) is 9.47 Å². The van der Waals surface area contributed by atoms with Gasteiger partial charge in [0.2, 0.25) is 10.0 Å². The summed E-state index contributed by atoms with van der Waals surface area (Å²) in [5, 5.41) is 0. The molecule has 2 heterocycles. The number of imidazole rings is 1. The van der Waals surface area contributed by atoms with E-state index < -0.39 is 16.1 Å². The number of morpholine rings is 1. The lowest BCUT2D eigenvalue weighted by Gasteiger charge is -2.33. The number of aromatic nitrogens is 2. The fourth-order valence-corrected chi connectivity index (χ4v) is 4.19. The lowest BCUT2D eigenvalue weighted by Crippen LogP contribution is -2.43. The van der Waals surface area contributed by atoms with E-state index in [-0.39, 0.29) is 18.0 Å². The summed E-state index contributed by atoms with van der Waals surface area (Å²) in [6.07, 6.45) is 1.68. The summed E-state index contributed by atoms with van der Waals surface area (Å²) in [6.45, 7) is 2.79. The molecule has 1 aromatic heterocycles. The number of hydrogen-bond acceptors (Lipinski definition) is 5. The monoisotopic (exact) mass is 337 g/mol. The highest BCUT2D eigenvalue weighted by atomic mass is 32.2. The van der Waals surface area contributed by atoms with Gasteiger partial charge in [0.15, 0.2) is 0 Å². The van der Waals surface area contributed by atoms with Crippen molar-refractivity contribution in [2.24, 2.45) is 0 Å². The van der Waals surface area contributed by atoms with Crippen molar-refractivity contribution in [2.75, 3.05) is 26.9 Å². The number of nitrogens with one attached hydrogen (secondary N) is 1. The van der Waals surface area contributed by atoms with Gasteiger partial charge >= 0.3 is 0 Å². The second kappa shape index (κ2) is 6.31. The normalized spacial score (nSPS) is 19.7. The van der Waals surface area contributed by atoms with Gasteiger partial charge in [0.1, 0.15) is 17.6 Å². The molecule has 0 bridgehead atoms. The van der Waals surface area contributed by atoms with Crippen molar-refractivity contribution >= 4 is 10.0 Å². The van der Waals surface area contributed by atoms with Crippen LogP contribution in [0.1, 0.15) is 17.6 Å². The molecular formula is C15H19N3O4S. The summed E-state index contributed by atoms with van der Waals surface area (Å²) in [5.41, 5.74) is 0.879. The average Bonchev–Trinajstić information content (AvgIpc) is 3.01. The largest absolute Gasteiger partial charge is 0.497 e. The van der Waals surface area contributed by atoms with Gasteiger partial charge in [0.05, 0.1) is 25.2 Å². The van der Waals surface area contributed by atoms with E-state index in [1.54, 1.807) is 24.4 Å². The second-order valence-electron chi connectivity index (χ2n) is 5.34. The molecule has 23 heavy (non-hydrogen) atoms. The number of ether oxygens (including phenoxy) is 2. The fourth-order valence-electron chi connectivity index (χ4n) is 2.59. The van der Waals surface area contributed by atoms with Gasteiger partial charge in [0, 0.05) is 24.5 Å². The molecule has 1 saturated heterocycles. The lowest BCUT2D eigenvalue weighted by molar-refractivity contribution is 0.0292. The third-order valence-corrected chi connectivity index (χ3v) is 5.67. The Morgan fingerprint density at radius 2 is 2.26 bits per heavy atom. The molecule has 0 saturated carbocycles. The van der Waals surface area contributed by atoms with Crippen LogP contribution < -0.4 is 4.74 Å². The van der Waals surface area contributed by atoms with Crippen LogP contribution in [0.2, 0.25) is 0 Å². The average molecular weight is 337 g/mol. The van der Waals surface area contributed by atoms with Gasteiger partial charge in [-0.15, -0.1) is 0 Å². The van der Waals surface area contributed by atoms with Gasteiger partial charge in [-0.2, -0.15) is 4.31 Å². The topological polar surface area (TPSA) is 84.5 Å². The van der Waals surface area contributed by atoms with Crippen LogP contribution in [0, 0.1) is 6.92 Å². The molecule has 124 valence electrons. The zero-order valence-electron chi connectivity index (χ0n) is 13.0. The molecule has 3 rings (SSSR count). The standard InChI is InChI=1S/C15H19N3O4S/c1-11-9-16-15(17-11)14-10-22-7-6-18(14)23(19,20)13-5-3-4-12(8-13)21-2/h3-5,8-9,14H,6-7,10H2,1-2H3,(H,16,17)/t14-/m1/s1. The van der Waals surface area contributed by atoms with Crippen molar-refractivity contribution in [3.63, 3.8) is 0 Å². The van der Waals surface area contributed by atoms with Crippen LogP contribution in [0.3, 0.4) is 0 Å². The Labute approximate surface area is 135 Å². The Morgan fingerprint density at radius 1 is 1.43 bits per heavy atom. The maximum atomic E-state index is 13.0. The Hall–Kier alpha value is -1.90. The van der Waals surface area contributed by atoms with Crippen LogP contribution in [0.25, 0.3) is 0 Å². The zero-order chi connectivity index (χ0) is 16.4. The summed E-state index contributed by atoms with van der Waals surface area (Å²) >= 11 is 0. The third-order valence-electron chi connectivity index (χ3n) is 3.77. The van der Waals surface area contributed by atoms with Crippen molar-refractivity contribution in [3.05, 3.63) is 42.0 Å². The summed E-state index contributed by atoms with van der Waals surface area (Å²) < 4.78 is 38.1. The van der Waals surface area contributed by atoms with E-state index >= 15 is 0 Å². The SMILES string of the molecule is COc1cccc(S(=O)(=O)N2CCOC[C@@H]2c2ncc(C)[nH]2)c1. The maximum Gasteiger partial charge on any atom is 0.244 e. The number of aromatic amines is 1. The van der Waals surface area contributed by atoms with Gasteiger partial charge in [0.25, 0.3) is 0 Å². The first-order valence-corrected chi connectivity index (χ1v) is 8.71. The van der Waals surface area contributed by atoms with Gasteiger partial charge in [-0.25, -0.2) is 13.4 Å². The van der Waals surface area contributed by atoms with Gasteiger partial charge in [-0.1, -0.05) is 6.07 Å². The maximum absolute atomic E-state index is 13.0. The highest BCUT2D eigenvalue weighted by Crippen LogP contribution is 2.30. The van der Waals surface area contributed by atoms with E-state index in [1.165, 1.54) is 17.5 Å². The van der Waals surface area contributed by atoms with E-state index in [2.05, 4.69) is 9.97 Å². The minimum absolute atomic E-state index is 0.201. The summed E-state index contributed by atoms with van der Waals surface area (Å²) in [4.78, 5) is 7.57. The number of methoxy groups -OCH3 is 1. The third kappa shape index (κ3) is 3.10. The number of rotatable bonds is 4. The first-order valence-electron chi connectivity index (χ1n) is 7.27. The minimum Gasteiger partial charge on any atom is -0.497 e. The summed E-state index contributed by atoms with van der Waals surface area (Å²) in [5.74, 6) is 1.10. The predicted molar refractivity (Wildman–Crippen MR) is 83.8 cm³/mol. The van der Waals surface area contributed by atoms with E-state index in [0.29, 0.717) is 18.2 Å². The van der Waals surface area contributed by atoms with Gasteiger partial charge in [-0.3, -0.25) is 0 Å².